The van der Waals surface area contributed by atoms with Gasteiger partial charge in [-0.2, -0.15) is 5.10 Å². The lowest BCUT2D eigenvalue weighted by Crippen LogP contribution is -2.32. The summed E-state index contributed by atoms with van der Waals surface area (Å²) < 4.78 is 0. The number of carbonyl (C=O) groups is 3. The lowest BCUT2D eigenvalue weighted by atomic mass is 10.2. The van der Waals surface area contributed by atoms with Gasteiger partial charge in [0.1, 0.15) is 0 Å². The van der Waals surface area contributed by atoms with Crippen LogP contribution < -0.4 is 16.1 Å². The standard InChI is InChI=1S/C17H16N4O3/c1-12(22)19-15-9-7-13(8-10-15)11-18-21-17(24)16(23)20-14-5-3-2-4-6-14/h2-11H,1H3,(H,19,22)(H,20,23)(H,21,24)/b18-11+. The average Bonchev–Trinajstić information content (AvgIpc) is 2.56. The summed E-state index contributed by atoms with van der Waals surface area (Å²) in [4.78, 5) is 34.2. The maximum atomic E-state index is 11.7. The van der Waals surface area contributed by atoms with Crippen LogP contribution in [0.1, 0.15) is 12.5 Å². The smallest absolute Gasteiger partial charge is 0.326 e. The van der Waals surface area contributed by atoms with Crippen molar-refractivity contribution in [3.63, 3.8) is 0 Å². The number of nitrogens with one attached hydrogen (secondary N) is 3. The topological polar surface area (TPSA) is 99.7 Å². The number of rotatable bonds is 4. The Morgan fingerprint density at radius 1 is 0.833 bits per heavy atom. The normalized spacial score (nSPS) is 10.2. The molecule has 0 radical (unpaired) electrons. The van der Waals surface area contributed by atoms with Crippen molar-refractivity contribution in [1.82, 2.24) is 5.43 Å². The molecule has 0 saturated carbocycles. The van der Waals surface area contributed by atoms with Gasteiger partial charge in [0.2, 0.25) is 5.91 Å². The Labute approximate surface area is 138 Å². The minimum absolute atomic E-state index is 0.159. The molecule has 0 saturated heterocycles. The van der Waals surface area contributed by atoms with E-state index in [0.29, 0.717) is 16.9 Å². The highest BCUT2D eigenvalue weighted by Gasteiger charge is 2.12. The van der Waals surface area contributed by atoms with Crippen molar-refractivity contribution in [2.45, 2.75) is 6.92 Å². The van der Waals surface area contributed by atoms with Crippen LogP contribution in [0.15, 0.2) is 59.7 Å². The summed E-state index contributed by atoms with van der Waals surface area (Å²) in [5.74, 6) is -1.84. The molecule has 0 aromatic heterocycles. The summed E-state index contributed by atoms with van der Waals surface area (Å²) in [5, 5.41) is 8.81. The second-order valence-electron chi connectivity index (χ2n) is 4.82. The van der Waals surface area contributed by atoms with Crippen LogP contribution in [0.3, 0.4) is 0 Å². The van der Waals surface area contributed by atoms with Crippen molar-refractivity contribution in [1.29, 1.82) is 0 Å². The monoisotopic (exact) mass is 324 g/mol. The van der Waals surface area contributed by atoms with Crippen LogP contribution in [0.2, 0.25) is 0 Å². The summed E-state index contributed by atoms with van der Waals surface area (Å²) in [6.07, 6.45) is 1.39. The molecule has 0 fully saturated rings. The second kappa shape index (κ2) is 8.23. The molecule has 24 heavy (non-hydrogen) atoms. The zero-order valence-corrected chi connectivity index (χ0v) is 12.9. The number of amides is 3. The fraction of sp³-hybridized carbons (Fsp3) is 0.0588. The molecular weight excluding hydrogens is 308 g/mol. The van der Waals surface area contributed by atoms with E-state index in [9.17, 15) is 14.4 Å². The van der Waals surface area contributed by atoms with Crippen LogP contribution in [0.25, 0.3) is 0 Å². The van der Waals surface area contributed by atoms with Gasteiger partial charge < -0.3 is 10.6 Å². The molecule has 7 nitrogen and oxygen atoms in total. The van der Waals surface area contributed by atoms with E-state index in [4.69, 9.17) is 0 Å². The average molecular weight is 324 g/mol. The first-order valence-corrected chi connectivity index (χ1v) is 7.11. The maximum Gasteiger partial charge on any atom is 0.329 e. The van der Waals surface area contributed by atoms with Crippen LogP contribution in [0.5, 0.6) is 0 Å². The minimum atomic E-state index is -0.870. The van der Waals surface area contributed by atoms with E-state index in [1.54, 1.807) is 54.6 Å². The van der Waals surface area contributed by atoms with E-state index in [1.165, 1.54) is 13.1 Å². The molecule has 0 aliphatic carbocycles. The summed E-state index contributed by atoms with van der Waals surface area (Å²) in [7, 11) is 0. The summed E-state index contributed by atoms with van der Waals surface area (Å²) in [6.45, 7) is 1.42. The maximum absolute atomic E-state index is 11.7. The van der Waals surface area contributed by atoms with Gasteiger partial charge in [0.05, 0.1) is 6.21 Å². The van der Waals surface area contributed by atoms with Crippen molar-refractivity contribution in [3.8, 4) is 0 Å². The van der Waals surface area contributed by atoms with Crippen molar-refractivity contribution in [2.24, 2.45) is 5.10 Å². The zero-order chi connectivity index (χ0) is 17.4. The number of nitrogens with zero attached hydrogens (tertiary/aromatic N) is 1. The first kappa shape index (κ1) is 16.9. The third kappa shape index (κ3) is 5.38. The van der Waals surface area contributed by atoms with E-state index >= 15 is 0 Å². The first-order valence-electron chi connectivity index (χ1n) is 7.11. The van der Waals surface area contributed by atoms with Gasteiger partial charge in [-0.15, -0.1) is 0 Å². The fourth-order valence-electron chi connectivity index (χ4n) is 1.78. The van der Waals surface area contributed by atoms with E-state index < -0.39 is 11.8 Å². The first-order chi connectivity index (χ1) is 11.5. The number of para-hydroxylation sites is 1. The molecule has 3 N–H and O–H groups in total. The number of anilines is 2. The van der Waals surface area contributed by atoms with E-state index in [0.717, 1.165) is 0 Å². The minimum Gasteiger partial charge on any atom is -0.326 e. The van der Waals surface area contributed by atoms with Gasteiger partial charge in [0.15, 0.2) is 0 Å². The van der Waals surface area contributed by atoms with Crippen LogP contribution >= 0.6 is 0 Å². The summed E-state index contributed by atoms with van der Waals surface area (Å²) >= 11 is 0. The van der Waals surface area contributed by atoms with Gasteiger partial charge in [-0.3, -0.25) is 14.4 Å². The van der Waals surface area contributed by atoms with Crippen LogP contribution in [-0.4, -0.2) is 23.9 Å². The summed E-state index contributed by atoms with van der Waals surface area (Å²) in [5.41, 5.74) is 4.03. The predicted molar refractivity (Wildman–Crippen MR) is 91.6 cm³/mol. The lowest BCUT2D eigenvalue weighted by molar-refractivity contribution is -0.136. The van der Waals surface area contributed by atoms with E-state index in [2.05, 4.69) is 21.2 Å². The van der Waals surface area contributed by atoms with Crippen molar-refractivity contribution in [2.75, 3.05) is 10.6 Å². The lowest BCUT2D eigenvalue weighted by Gasteiger charge is -2.03. The highest BCUT2D eigenvalue weighted by atomic mass is 16.2. The SMILES string of the molecule is CC(=O)Nc1ccc(/C=N/NC(=O)C(=O)Nc2ccccc2)cc1. The van der Waals surface area contributed by atoms with Gasteiger partial charge >= 0.3 is 11.8 Å². The van der Waals surface area contributed by atoms with Crippen molar-refractivity contribution in [3.05, 3.63) is 60.2 Å². The number of hydrazone groups is 1. The molecule has 122 valence electrons. The molecule has 0 atom stereocenters. The molecule has 3 amide bonds. The van der Waals surface area contributed by atoms with Gasteiger partial charge in [-0.05, 0) is 29.8 Å². The van der Waals surface area contributed by atoms with Crippen molar-refractivity contribution >= 4 is 35.3 Å². The Hall–Kier alpha value is -3.48. The molecule has 7 heteroatoms. The fourth-order valence-corrected chi connectivity index (χ4v) is 1.78. The predicted octanol–water partition coefficient (Wildman–Crippen LogP) is 1.73. The third-order valence-corrected chi connectivity index (χ3v) is 2.85. The van der Waals surface area contributed by atoms with Crippen molar-refractivity contribution < 1.29 is 14.4 Å². The quantitative estimate of drug-likeness (QED) is 0.454. The molecule has 2 aromatic carbocycles. The highest BCUT2D eigenvalue weighted by molar-refractivity contribution is 6.39. The van der Waals surface area contributed by atoms with Gasteiger partial charge in [0.25, 0.3) is 0 Å². The Morgan fingerprint density at radius 3 is 2.08 bits per heavy atom. The summed E-state index contributed by atoms with van der Waals surface area (Å²) in [6, 6.07) is 15.5. The Bertz CT molecular complexity index is 755. The Morgan fingerprint density at radius 2 is 1.46 bits per heavy atom. The molecule has 0 spiro atoms. The molecule has 2 rings (SSSR count). The van der Waals surface area contributed by atoms with Crippen LogP contribution in [-0.2, 0) is 14.4 Å². The van der Waals surface area contributed by atoms with E-state index in [-0.39, 0.29) is 5.91 Å². The molecule has 0 aliphatic rings. The third-order valence-electron chi connectivity index (χ3n) is 2.85. The number of carbonyl (C=O) groups excluding carboxylic acids is 3. The molecule has 0 heterocycles. The molecule has 2 aromatic rings. The Balaban J connectivity index is 1.85. The number of hydrogen-bond acceptors (Lipinski definition) is 4. The molecule has 0 aliphatic heterocycles. The van der Waals surface area contributed by atoms with Crippen LogP contribution in [0.4, 0.5) is 11.4 Å². The van der Waals surface area contributed by atoms with E-state index in [1.807, 2.05) is 0 Å². The van der Waals surface area contributed by atoms with Crippen LogP contribution in [0, 0.1) is 0 Å². The number of hydrogen-bond donors (Lipinski definition) is 3. The highest BCUT2D eigenvalue weighted by Crippen LogP contribution is 2.08. The largest absolute Gasteiger partial charge is 0.329 e. The van der Waals surface area contributed by atoms with Gasteiger partial charge in [-0.1, -0.05) is 30.3 Å². The van der Waals surface area contributed by atoms with Gasteiger partial charge in [-0.25, -0.2) is 5.43 Å². The Kier molecular flexibility index (Phi) is 5.79. The molecule has 0 bridgehead atoms. The zero-order valence-electron chi connectivity index (χ0n) is 12.9. The molecular formula is C17H16N4O3. The van der Waals surface area contributed by atoms with Gasteiger partial charge in [0, 0.05) is 18.3 Å². The molecule has 0 unspecified atom stereocenters. The second-order valence-corrected chi connectivity index (χ2v) is 4.82. The number of benzene rings is 2.